The molecule has 0 saturated carbocycles. The second-order valence-electron chi connectivity index (χ2n) is 6.83. The van der Waals surface area contributed by atoms with Crippen molar-refractivity contribution in [1.82, 2.24) is 14.5 Å². The molecule has 0 bridgehead atoms. The van der Waals surface area contributed by atoms with Crippen molar-refractivity contribution in [3.8, 4) is 0 Å². The van der Waals surface area contributed by atoms with Gasteiger partial charge in [0, 0.05) is 38.1 Å². The van der Waals surface area contributed by atoms with Crippen molar-refractivity contribution in [1.29, 1.82) is 0 Å². The number of sulfonamides is 1. The number of likely N-dealkylation sites (tertiary alicyclic amines) is 1. The standard InChI is InChI=1S/C17H28N4O3S2/c1-14-4-3-7-20(13-14)17(18-2)19-12-15-5-6-16(25-15)26(22,23)21-8-10-24-11-9-21/h5-6,14H,3-4,7-13H2,1-2H3,(H,18,19). The number of hydrogen-bond donors (Lipinski definition) is 1. The molecular weight excluding hydrogens is 372 g/mol. The summed E-state index contributed by atoms with van der Waals surface area (Å²) in [5, 5.41) is 3.38. The van der Waals surface area contributed by atoms with E-state index in [4.69, 9.17) is 4.74 Å². The fourth-order valence-electron chi connectivity index (χ4n) is 3.39. The Kier molecular flexibility index (Phi) is 6.55. The Hall–Kier alpha value is -1.16. The summed E-state index contributed by atoms with van der Waals surface area (Å²) in [5.74, 6) is 1.57. The Morgan fingerprint density at radius 3 is 2.81 bits per heavy atom. The van der Waals surface area contributed by atoms with Crippen LogP contribution in [-0.4, -0.2) is 70.0 Å². The smallest absolute Gasteiger partial charge is 0.252 e. The molecule has 26 heavy (non-hydrogen) atoms. The van der Waals surface area contributed by atoms with Crippen LogP contribution in [0.4, 0.5) is 0 Å². The van der Waals surface area contributed by atoms with Crippen LogP contribution in [0.25, 0.3) is 0 Å². The minimum absolute atomic E-state index is 0.401. The highest BCUT2D eigenvalue weighted by molar-refractivity contribution is 7.91. The summed E-state index contributed by atoms with van der Waals surface area (Å²) < 4.78 is 32.6. The molecule has 3 rings (SSSR count). The molecule has 0 spiro atoms. The number of thiophene rings is 1. The summed E-state index contributed by atoms with van der Waals surface area (Å²) in [5.41, 5.74) is 0. The van der Waals surface area contributed by atoms with Crippen LogP contribution in [0.1, 0.15) is 24.6 Å². The maximum atomic E-state index is 12.7. The zero-order chi connectivity index (χ0) is 18.6. The molecule has 2 fully saturated rings. The number of nitrogens with one attached hydrogen (secondary N) is 1. The van der Waals surface area contributed by atoms with Gasteiger partial charge in [-0.1, -0.05) is 6.92 Å². The molecule has 2 aliphatic rings. The van der Waals surface area contributed by atoms with E-state index in [1.807, 2.05) is 6.07 Å². The molecule has 1 aromatic heterocycles. The minimum atomic E-state index is -3.41. The monoisotopic (exact) mass is 400 g/mol. The van der Waals surface area contributed by atoms with Crippen LogP contribution in [0.3, 0.4) is 0 Å². The van der Waals surface area contributed by atoms with Crippen molar-refractivity contribution in [2.75, 3.05) is 46.4 Å². The lowest BCUT2D eigenvalue weighted by atomic mass is 10.0. The molecule has 7 nitrogen and oxygen atoms in total. The zero-order valence-electron chi connectivity index (χ0n) is 15.5. The minimum Gasteiger partial charge on any atom is -0.379 e. The van der Waals surface area contributed by atoms with E-state index in [9.17, 15) is 8.42 Å². The molecule has 0 radical (unpaired) electrons. The van der Waals surface area contributed by atoms with Gasteiger partial charge in [0.1, 0.15) is 4.21 Å². The Balaban J connectivity index is 1.61. The Morgan fingerprint density at radius 1 is 1.35 bits per heavy atom. The first-order chi connectivity index (χ1) is 12.5. The quantitative estimate of drug-likeness (QED) is 0.614. The molecule has 0 aliphatic carbocycles. The fourth-order valence-corrected chi connectivity index (χ4v) is 6.24. The average molecular weight is 401 g/mol. The number of piperidine rings is 1. The summed E-state index contributed by atoms with van der Waals surface area (Å²) >= 11 is 1.33. The van der Waals surface area contributed by atoms with Crippen molar-refractivity contribution >= 4 is 27.3 Å². The van der Waals surface area contributed by atoms with E-state index in [1.165, 1.54) is 28.5 Å². The number of guanidine groups is 1. The van der Waals surface area contributed by atoms with E-state index in [1.54, 1.807) is 13.1 Å². The van der Waals surface area contributed by atoms with Crippen LogP contribution in [0.15, 0.2) is 21.3 Å². The summed E-state index contributed by atoms with van der Waals surface area (Å²) in [4.78, 5) is 7.66. The van der Waals surface area contributed by atoms with Gasteiger partial charge in [-0.25, -0.2) is 8.42 Å². The van der Waals surface area contributed by atoms with E-state index >= 15 is 0 Å². The van der Waals surface area contributed by atoms with Gasteiger partial charge in [-0.3, -0.25) is 4.99 Å². The summed E-state index contributed by atoms with van der Waals surface area (Å²) in [7, 11) is -1.61. The number of morpholine rings is 1. The van der Waals surface area contributed by atoms with E-state index < -0.39 is 10.0 Å². The third-order valence-corrected chi connectivity index (χ3v) is 8.24. The Labute approximate surface area is 160 Å². The molecule has 9 heteroatoms. The first-order valence-electron chi connectivity index (χ1n) is 9.13. The summed E-state index contributed by atoms with van der Waals surface area (Å²) in [6.45, 7) is 6.66. The predicted octanol–water partition coefficient (Wildman–Crippen LogP) is 1.58. The van der Waals surface area contributed by atoms with Gasteiger partial charge in [0.25, 0.3) is 10.0 Å². The lowest BCUT2D eigenvalue weighted by Gasteiger charge is -2.33. The van der Waals surface area contributed by atoms with Crippen molar-refractivity contribution in [2.45, 2.75) is 30.5 Å². The highest BCUT2D eigenvalue weighted by Crippen LogP contribution is 2.25. The third-order valence-electron chi connectivity index (χ3n) is 4.79. The van der Waals surface area contributed by atoms with E-state index in [0.29, 0.717) is 43.0 Å². The predicted molar refractivity (Wildman–Crippen MR) is 104 cm³/mol. The first kappa shape index (κ1) is 19.6. The maximum Gasteiger partial charge on any atom is 0.252 e. The fraction of sp³-hybridized carbons (Fsp3) is 0.706. The van der Waals surface area contributed by atoms with E-state index in [0.717, 1.165) is 23.9 Å². The largest absolute Gasteiger partial charge is 0.379 e. The highest BCUT2D eigenvalue weighted by atomic mass is 32.2. The molecule has 2 aliphatic heterocycles. The highest BCUT2D eigenvalue weighted by Gasteiger charge is 2.27. The molecule has 0 aromatic carbocycles. The van der Waals surface area contributed by atoms with Gasteiger partial charge in [-0.05, 0) is 30.9 Å². The molecular formula is C17H28N4O3S2. The van der Waals surface area contributed by atoms with Gasteiger partial charge in [-0.15, -0.1) is 11.3 Å². The molecule has 2 saturated heterocycles. The van der Waals surface area contributed by atoms with Gasteiger partial charge >= 0.3 is 0 Å². The van der Waals surface area contributed by atoms with E-state index in [-0.39, 0.29) is 0 Å². The maximum absolute atomic E-state index is 12.7. The topological polar surface area (TPSA) is 74.2 Å². The summed E-state index contributed by atoms with van der Waals surface area (Å²) in [6.07, 6.45) is 2.45. The molecule has 1 atom stereocenters. The molecule has 0 amide bonds. The molecule has 1 unspecified atom stereocenters. The number of nitrogens with zero attached hydrogens (tertiary/aromatic N) is 3. The van der Waals surface area contributed by atoms with Crippen LogP contribution in [-0.2, 0) is 21.3 Å². The number of ether oxygens (including phenoxy) is 1. The van der Waals surface area contributed by atoms with Crippen molar-refractivity contribution < 1.29 is 13.2 Å². The van der Waals surface area contributed by atoms with Gasteiger partial charge in [0.2, 0.25) is 0 Å². The van der Waals surface area contributed by atoms with Crippen LogP contribution < -0.4 is 5.32 Å². The first-order valence-corrected chi connectivity index (χ1v) is 11.4. The van der Waals surface area contributed by atoms with Crippen LogP contribution >= 0.6 is 11.3 Å². The zero-order valence-corrected chi connectivity index (χ0v) is 17.1. The second kappa shape index (κ2) is 8.69. The SMILES string of the molecule is CN=C(NCc1ccc(S(=O)(=O)N2CCOCC2)s1)N1CCCC(C)C1. The van der Waals surface area contributed by atoms with E-state index in [2.05, 4.69) is 22.1 Å². The Bertz CT molecular complexity index is 726. The third kappa shape index (κ3) is 4.57. The molecule has 1 aromatic rings. The van der Waals surface area contributed by atoms with Gasteiger partial charge < -0.3 is 15.0 Å². The van der Waals surface area contributed by atoms with Crippen molar-refractivity contribution in [3.05, 3.63) is 17.0 Å². The van der Waals surface area contributed by atoms with Crippen LogP contribution in [0, 0.1) is 5.92 Å². The normalized spacial score (nSPS) is 23.2. The van der Waals surface area contributed by atoms with Gasteiger partial charge in [0.15, 0.2) is 5.96 Å². The summed E-state index contributed by atoms with van der Waals surface area (Å²) in [6, 6.07) is 3.59. The number of hydrogen-bond acceptors (Lipinski definition) is 5. The molecule has 3 heterocycles. The number of rotatable bonds is 4. The lowest BCUT2D eigenvalue weighted by Crippen LogP contribution is -2.45. The average Bonchev–Trinajstić information content (AvgIpc) is 3.13. The van der Waals surface area contributed by atoms with Crippen LogP contribution in [0.5, 0.6) is 0 Å². The molecule has 1 N–H and O–H groups in total. The number of aliphatic imine (C=N–C) groups is 1. The van der Waals surface area contributed by atoms with Gasteiger partial charge in [-0.2, -0.15) is 4.31 Å². The van der Waals surface area contributed by atoms with Crippen molar-refractivity contribution in [2.24, 2.45) is 10.9 Å². The van der Waals surface area contributed by atoms with Gasteiger partial charge in [0.05, 0.1) is 19.8 Å². The molecule has 146 valence electrons. The van der Waals surface area contributed by atoms with Crippen LogP contribution in [0.2, 0.25) is 0 Å². The van der Waals surface area contributed by atoms with Crippen molar-refractivity contribution in [3.63, 3.8) is 0 Å². The lowest BCUT2D eigenvalue weighted by molar-refractivity contribution is 0.0731. The Morgan fingerprint density at radius 2 is 2.12 bits per heavy atom. The second-order valence-corrected chi connectivity index (χ2v) is 10.2.